The van der Waals surface area contributed by atoms with Crippen LogP contribution in [-0.2, 0) is 30.4 Å². The second-order valence-corrected chi connectivity index (χ2v) is 9.04. The van der Waals surface area contributed by atoms with E-state index in [1.54, 1.807) is 26.1 Å². The van der Waals surface area contributed by atoms with Crippen LogP contribution in [0.2, 0.25) is 0 Å². The van der Waals surface area contributed by atoms with Gasteiger partial charge in [-0.2, -0.15) is 0 Å². The number of carboxylic acid groups (broad SMARTS) is 1. The minimum absolute atomic E-state index is 0.0540. The first-order valence-electron chi connectivity index (χ1n) is 11.8. The Morgan fingerprint density at radius 3 is 2.14 bits per heavy atom. The van der Waals surface area contributed by atoms with E-state index in [0.717, 1.165) is 10.9 Å². The van der Waals surface area contributed by atoms with Gasteiger partial charge in [0, 0.05) is 29.9 Å². The first kappa shape index (κ1) is 29.3. The molecule has 4 amide bonds. The molecule has 0 bridgehead atoms. The highest BCUT2D eigenvalue weighted by Gasteiger charge is 2.31. The van der Waals surface area contributed by atoms with E-state index in [4.69, 9.17) is 11.5 Å². The topological polar surface area (TPSA) is 230 Å². The van der Waals surface area contributed by atoms with Crippen molar-refractivity contribution in [3.05, 3.63) is 36.0 Å². The van der Waals surface area contributed by atoms with Crippen molar-refractivity contribution in [3.8, 4) is 0 Å². The summed E-state index contributed by atoms with van der Waals surface area (Å²) >= 11 is 0. The number of nitrogens with one attached hydrogen (secondary N) is 4. The zero-order valence-electron chi connectivity index (χ0n) is 20.7. The van der Waals surface area contributed by atoms with Gasteiger partial charge in [0.2, 0.25) is 23.6 Å². The van der Waals surface area contributed by atoms with Crippen LogP contribution in [0.5, 0.6) is 0 Å². The summed E-state index contributed by atoms with van der Waals surface area (Å²) in [4.78, 5) is 64.1. The molecule has 4 atom stereocenters. The van der Waals surface area contributed by atoms with Crippen molar-refractivity contribution < 1.29 is 34.2 Å². The Balaban J connectivity index is 2.11. The molecule has 13 heteroatoms. The summed E-state index contributed by atoms with van der Waals surface area (Å²) < 4.78 is 0. The maximum atomic E-state index is 12.8. The molecule has 0 aliphatic carbocycles. The number of benzene rings is 1. The summed E-state index contributed by atoms with van der Waals surface area (Å²) in [7, 11) is 0. The van der Waals surface area contributed by atoms with Crippen LogP contribution in [0, 0.1) is 5.92 Å². The SMILES string of the molecule is CC(C)C(N)C(=O)NC(CCC(N)=O)C(=O)NC(CO)C(=O)NC(Cc1c[nH]c2ccccc12)C(=O)O. The monoisotopic (exact) mass is 518 g/mol. The van der Waals surface area contributed by atoms with Crippen molar-refractivity contribution in [2.24, 2.45) is 17.4 Å². The van der Waals surface area contributed by atoms with Gasteiger partial charge in [0.15, 0.2) is 0 Å². The van der Waals surface area contributed by atoms with Crippen LogP contribution in [0.25, 0.3) is 10.9 Å². The van der Waals surface area contributed by atoms with Crippen molar-refractivity contribution in [2.45, 2.75) is 57.3 Å². The predicted octanol–water partition coefficient (Wildman–Crippen LogP) is -1.51. The van der Waals surface area contributed by atoms with Crippen LogP contribution in [0.15, 0.2) is 30.5 Å². The molecule has 0 spiro atoms. The third kappa shape index (κ3) is 8.29. The van der Waals surface area contributed by atoms with Crippen molar-refractivity contribution in [3.63, 3.8) is 0 Å². The molecular weight excluding hydrogens is 484 g/mol. The van der Waals surface area contributed by atoms with E-state index in [1.165, 1.54) is 0 Å². The Morgan fingerprint density at radius 2 is 1.54 bits per heavy atom. The molecule has 37 heavy (non-hydrogen) atoms. The Bertz CT molecular complexity index is 1130. The van der Waals surface area contributed by atoms with Crippen molar-refractivity contribution in [1.82, 2.24) is 20.9 Å². The Kier molecular flexibility index (Phi) is 10.6. The molecule has 0 saturated carbocycles. The molecule has 10 N–H and O–H groups in total. The lowest BCUT2D eigenvalue weighted by atomic mass is 10.0. The van der Waals surface area contributed by atoms with E-state index in [-0.39, 0.29) is 25.2 Å². The number of carbonyl (C=O) groups is 5. The lowest BCUT2D eigenvalue weighted by Crippen LogP contribution is -2.58. The fourth-order valence-electron chi connectivity index (χ4n) is 3.59. The molecule has 0 aliphatic rings. The highest BCUT2D eigenvalue weighted by Crippen LogP contribution is 2.19. The largest absolute Gasteiger partial charge is 0.480 e. The predicted molar refractivity (Wildman–Crippen MR) is 134 cm³/mol. The van der Waals surface area contributed by atoms with Crippen LogP contribution in [0.3, 0.4) is 0 Å². The maximum absolute atomic E-state index is 12.8. The number of carboxylic acids is 1. The number of aliphatic hydroxyl groups excluding tert-OH is 1. The summed E-state index contributed by atoms with van der Waals surface area (Å²) in [5, 5.41) is 27.2. The van der Waals surface area contributed by atoms with Gasteiger partial charge in [0.1, 0.15) is 18.1 Å². The summed E-state index contributed by atoms with van der Waals surface area (Å²) in [5.41, 5.74) is 12.4. The number of hydrogen-bond donors (Lipinski definition) is 8. The van der Waals surface area contributed by atoms with E-state index in [9.17, 15) is 34.2 Å². The molecule has 0 fully saturated rings. The molecule has 0 aliphatic heterocycles. The molecule has 1 aromatic carbocycles. The number of aliphatic carboxylic acids is 1. The number of aliphatic hydroxyl groups is 1. The van der Waals surface area contributed by atoms with Crippen LogP contribution in [-0.4, -0.2) is 75.6 Å². The number of H-pyrrole nitrogens is 1. The van der Waals surface area contributed by atoms with E-state index in [0.29, 0.717) is 5.56 Å². The van der Waals surface area contributed by atoms with Gasteiger partial charge in [-0.05, 0) is 24.0 Å². The average Bonchev–Trinajstić information content (AvgIpc) is 3.26. The molecule has 1 heterocycles. The first-order chi connectivity index (χ1) is 17.4. The number of aromatic nitrogens is 1. The van der Waals surface area contributed by atoms with Crippen molar-refractivity contribution in [2.75, 3.05) is 6.61 Å². The van der Waals surface area contributed by atoms with Crippen LogP contribution in [0.1, 0.15) is 32.3 Å². The van der Waals surface area contributed by atoms with E-state index in [2.05, 4.69) is 20.9 Å². The number of aromatic amines is 1. The lowest BCUT2D eigenvalue weighted by molar-refractivity contribution is -0.142. The van der Waals surface area contributed by atoms with Crippen LogP contribution in [0.4, 0.5) is 0 Å². The highest BCUT2D eigenvalue weighted by molar-refractivity contribution is 5.94. The van der Waals surface area contributed by atoms with Crippen molar-refractivity contribution >= 4 is 40.5 Å². The Labute approximate surface area is 213 Å². The number of carbonyl (C=O) groups excluding carboxylic acids is 4. The van der Waals surface area contributed by atoms with Gasteiger partial charge in [0.05, 0.1) is 12.6 Å². The number of amides is 4. The van der Waals surface area contributed by atoms with Gasteiger partial charge >= 0.3 is 5.97 Å². The average molecular weight is 519 g/mol. The fourth-order valence-corrected chi connectivity index (χ4v) is 3.59. The Hall–Kier alpha value is -3.97. The van der Waals surface area contributed by atoms with Gasteiger partial charge in [-0.25, -0.2) is 4.79 Å². The summed E-state index contributed by atoms with van der Waals surface area (Å²) in [6, 6.07) is 2.18. The van der Waals surface area contributed by atoms with Gasteiger partial charge in [0.25, 0.3) is 0 Å². The first-order valence-corrected chi connectivity index (χ1v) is 11.8. The number of rotatable bonds is 14. The van der Waals surface area contributed by atoms with Crippen molar-refractivity contribution in [1.29, 1.82) is 0 Å². The molecule has 2 rings (SSSR count). The molecule has 202 valence electrons. The van der Waals surface area contributed by atoms with E-state index < -0.39 is 60.4 Å². The fraction of sp³-hybridized carbons (Fsp3) is 0.458. The van der Waals surface area contributed by atoms with Gasteiger partial charge in [-0.3, -0.25) is 19.2 Å². The molecule has 0 radical (unpaired) electrons. The van der Waals surface area contributed by atoms with Gasteiger partial charge in [-0.1, -0.05) is 32.0 Å². The highest BCUT2D eigenvalue weighted by atomic mass is 16.4. The zero-order valence-corrected chi connectivity index (χ0v) is 20.7. The quantitative estimate of drug-likeness (QED) is 0.146. The molecule has 0 saturated heterocycles. The molecule has 13 nitrogen and oxygen atoms in total. The van der Waals surface area contributed by atoms with Crippen LogP contribution >= 0.6 is 0 Å². The molecular formula is C24H34N6O7. The molecule has 1 aromatic heterocycles. The normalized spacial score (nSPS) is 14.4. The molecule has 2 aromatic rings. The summed E-state index contributed by atoms with van der Waals surface area (Å²) in [6.45, 7) is 2.58. The lowest BCUT2D eigenvalue weighted by Gasteiger charge is -2.24. The minimum atomic E-state index is -1.52. The minimum Gasteiger partial charge on any atom is -0.480 e. The Morgan fingerprint density at radius 1 is 0.946 bits per heavy atom. The number of nitrogens with two attached hydrogens (primary N) is 2. The number of primary amides is 1. The van der Waals surface area contributed by atoms with E-state index in [1.807, 2.05) is 18.2 Å². The third-order valence-electron chi connectivity index (χ3n) is 5.86. The summed E-state index contributed by atoms with van der Waals surface area (Å²) in [5.74, 6) is -4.71. The smallest absolute Gasteiger partial charge is 0.326 e. The number of hydrogen-bond acceptors (Lipinski definition) is 7. The number of para-hydroxylation sites is 1. The zero-order chi connectivity index (χ0) is 27.7. The van der Waals surface area contributed by atoms with Crippen LogP contribution < -0.4 is 27.4 Å². The maximum Gasteiger partial charge on any atom is 0.326 e. The molecule has 4 unspecified atom stereocenters. The number of fused-ring (bicyclic) bond motifs is 1. The third-order valence-corrected chi connectivity index (χ3v) is 5.86. The second kappa shape index (κ2) is 13.4. The summed E-state index contributed by atoms with van der Waals surface area (Å²) in [6.07, 6.45) is 1.18. The second-order valence-electron chi connectivity index (χ2n) is 9.04. The van der Waals surface area contributed by atoms with E-state index >= 15 is 0 Å². The standard InChI is InChI=1S/C24H34N6O7/c1-12(2)20(26)23(35)28-16(7-8-19(25)32)21(33)30-18(11-31)22(34)29-17(24(36)37)9-13-10-27-15-6-4-3-5-14(13)15/h3-6,10,12,16-18,20,27,31H,7-9,11,26H2,1-2H3,(H2,25,32)(H,28,35)(H,29,34)(H,30,33)(H,36,37). The van der Waals surface area contributed by atoms with Gasteiger partial charge in [-0.15, -0.1) is 0 Å². The van der Waals surface area contributed by atoms with Gasteiger partial charge < -0.3 is 42.6 Å².